The molecule has 0 radical (unpaired) electrons. The Labute approximate surface area is 411 Å². The molecule has 9 amide bonds. The Hall–Kier alpha value is -6.22. The summed E-state index contributed by atoms with van der Waals surface area (Å²) >= 11 is 0. The number of nitrogens with two attached hydrogens (primary N) is 1. The van der Waals surface area contributed by atoms with E-state index < -0.39 is 176 Å². The average Bonchev–Trinajstić information content (AvgIpc) is 3.91. The van der Waals surface area contributed by atoms with E-state index in [1.165, 1.54) is 25.1 Å². The summed E-state index contributed by atoms with van der Waals surface area (Å²) in [4.78, 5) is 131. The maximum atomic E-state index is 14.8. The first kappa shape index (κ1) is 55.7. The van der Waals surface area contributed by atoms with E-state index in [9.17, 15) is 67.8 Å². The Kier molecular flexibility index (Phi) is 20.2. The predicted molar refractivity (Wildman–Crippen MR) is 254 cm³/mol. The van der Waals surface area contributed by atoms with Gasteiger partial charge in [-0.2, -0.15) is 0 Å². The molecule has 392 valence electrons. The van der Waals surface area contributed by atoms with E-state index >= 15 is 0 Å². The van der Waals surface area contributed by atoms with Gasteiger partial charge in [0, 0.05) is 43.3 Å². The van der Waals surface area contributed by atoms with Crippen LogP contribution in [0, 0.1) is 11.8 Å². The fourth-order valence-electron chi connectivity index (χ4n) is 8.61. The van der Waals surface area contributed by atoms with Gasteiger partial charge in [-0.1, -0.05) is 40.0 Å². The van der Waals surface area contributed by atoms with E-state index in [1.54, 1.807) is 13.8 Å². The molecule has 3 aliphatic rings. The number of benzene rings is 1. The van der Waals surface area contributed by atoms with Gasteiger partial charge in [0.25, 0.3) is 0 Å². The number of unbranched alkanes of at least 4 members (excludes halogenated alkanes) is 3. The minimum atomic E-state index is -2.39. The minimum absolute atomic E-state index is 0.0902. The number of hydrogen-bond acceptors (Lipinski definition) is 15. The van der Waals surface area contributed by atoms with Crippen molar-refractivity contribution in [2.75, 3.05) is 45.1 Å². The van der Waals surface area contributed by atoms with Crippen LogP contribution in [0.2, 0.25) is 0 Å². The number of carbonyl (C=O) groups excluding carboxylic acids is 9. The molecule has 15 N–H and O–H groups in total. The second kappa shape index (κ2) is 25.8. The number of aromatic hydroxyl groups is 1. The maximum Gasteiger partial charge on any atom is 0.246 e. The molecule has 0 aliphatic carbocycles. The molecule has 11 atom stereocenters. The van der Waals surface area contributed by atoms with Crippen LogP contribution in [0.15, 0.2) is 23.2 Å². The molecule has 0 saturated carbocycles. The molecule has 1 saturated heterocycles. The standard InChI is InChI=1S/C45H67N11O14S/c1-4-22(2)37-42(67)49-17-35(62)50-31-21-71(70)44-27(26-10-9-24(58)13-28(26)53-44)15-29(39(64)48-18-36(63)54-37)51-43(68)38(23(3)33(60)20-57)55-41(66)32-14-25(59)19-56(32)45(69)30(52-40(31)65)16-34(61)47-12-8-6-5-7-11-46/h9-10,13,22-23,25,29-33,37-38,53,57-60H,4-8,11-12,14-21,46H2,1-3H3,(H,47,61)(H,48,64)(H,49,67)(H,50,62)(H,51,68)(H,52,65)(H,54,63)(H,55,66)/t22-,23-,25?,29+,30-,31?,32-,33-,37-,38-,71+/m0/s1. The number of aliphatic hydroxyl groups excluding tert-OH is 3. The molecule has 2 unspecified atom stereocenters. The van der Waals surface area contributed by atoms with E-state index in [4.69, 9.17) is 5.73 Å². The SMILES string of the molecule is CC[C@H](C)[C@@H]1NC(=O)CNC(=O)[C@H]2Cc3c([nH]c4cc(O)ccc34)[S@](=O)CC(NC(=O)CNC1=O)C(=O)N[C@@H](CC(=O)NCCCCCCN)C(=O)N1CC(O)C[C@H]1C(=O)N[C@@H]([C@@H](C)[C@@H](O)CO)C(=O)N2. The van der Waals surface area contributed by atoms with Crippen molar-refractivity contribution in [3.63, 3.8) is 0 Å². The number of fused-ring (bicyclic) bond motifs is 5. The van der Waals surface area contributed by atoms with Gasteiger partial charge in [-0.25, -0.2) is 0 Å². The van der Waals surface area contributed by atoms with Gasteiger partial charge >= 0.3 is 0 Å². The molecule has 1 aromatic heterocycles. The van der Waals surface area contributed by atoms with Gasteiger partial charge in [0.2, 0.25) is 53.2 Å². The first-order chi connectivity index (χ1) is 33.8. The molecular weight excluding hydrogens is 951 g/mol. The third-order valence-corrected chi connectivity index (χ3v) is 14.4. The van der Waals surface area contributed by atoms with E-state index in [0.717, 1.165) is 24.2 Å². The lowest BCUT2D eigenvalue weighted by atomic mass is 9.93. The van der Waals surface area contributed by atoms with E-state index in [0.29, 0.717) is 19.4 Å². The Balaban J connectivity index is 1.69. The third kappa shape index (κ3) is 14.7. The van der Waals surface area contributed by atoms with Crippen molar-refractivity contribution in [3.8, 4) is 5.75 Å². The van der Waals surface area contributed by atoms with Crippen LogP contribution in [-0.4, -0.2) is 181 Å². The summed E-state index contributed by atoms with van der Waals surface area (Å²) in [7, 11) is -2.39. The molecule has 71 heavy (non-hydrogen) atoms. The summed E-state index contributed by atoms with van der Waals surface area (Å²) in [6.45, 7) is 2.50. The zero-order valence-electron chi connectivity index (χ0n) is 39.9. The second-order valence-corrected chi connectivity index (χ2v) is 19.7. The Morgan fingerprint density at radius 3 is 2.24 bits per heavy atom. The van der Waals surface area contributed by atoms with Crippen LogP contribution >= 0.6 is 0 Å². The van der Waals surface area contributed by atoms with Crippen molar-refractivity contribution in [2.45, 2.75) is 126 Å². The molecule has 2 bridgehead atoms. The molecule has 3 aliphatic heterocycles. The Morgan fingerprint density at radius 2 is 1.55 bits per heavy atom. The van der Waals surface area contributed by atoms with Gasteiger partial charge in [0.15, 0.2) is 0 Å². The first-order valence-corrected chi connectivity index (χ1v) is 25.1. The van der Waals surface area contributed by atoms with Gasteiger partial charge in [-0.05, 0) is 43.0 Å². The average molecular weight is 1020 g/mol. The number of nitrogens with one attached hydrogen (secondary N) is 9. The number of phenolic OH excluding ortho intramolecular Hbond substituents is 1. The van der Waals surface area contributed by atoms with Gasteiger partial charge < -0.3 is 78.6 Å². The highest BCUT2D eigenvalue weighted by Crippen LogP contribution is 2.30. The Morgan fingerprint density at radius 1 is 0.859 bits per heavy atom. The van der Waals surface area contributed by atoms with Crippen molar-refractivity contribution in [3.05, 3.63) is 23.8 Å². The lowest BCUT2D eigenvalue weighted by Crippen LogP contribution is -2.62. The summed E-state index contributed by atoms with van der Waals surface area (Å²) in [5, 5.41) is 62.4. The summed E-state index contributed by atoms with van der Waals surface area (Å²) in [6, 6.07) is -5.89. The molecule has 4 heterocycles. The molecular formula is C45H67N11O14S. The smallest absolute Gasteiger partial charge is 0.246 e. The van der Waals surface area contributed by atoms with Crippen molar-refractivity contribution in [1.29, 1.82) is 0 Å². The van der Waals surface area contributed by atoms with Crippen molar-refractivity contribution in [1.82, 2.24) is 52.4 Å². The highest BCUT2D eigenvalue weighted by Gasteiger charge is 2.45. The zero-order chi connectivity index (χ0) is 52.1. The van der Waals surface area contributed by atoms with Crippen molar-refractivity contribution in [2.24, 2.45) is 17.6 Å². The van der Waals surface area contributed by atoms with Crippen LogP contribution in [0.1, 0.15) is 71.3 Å². The zero-order valence-corrected chi connectivity index (χ0v) is 40.7. The van der Waals surface area contributed by atoms with Gasteiger partial charge in [0.1, 0.15) is 47.0 Å². The highest BCUT2D eigenvalue weighted by molar-refractivity contribution is 7.85. The van der Waals surface area contributed by atoms with Crippen LogP contribution in [0.25, 0.3) is 10.9 Å². The van der Waals surface area contributed by atoms with Crippen LogP contribution < -0.4 is 48.3 Å². The predicted octanol–water partition coefficient (Wildman–Crippen LogP) is -4.77. The van der Waals surface area contributed by atoms with Crippen LogP contribution in [0.4, 0.5) is 0 Å². The van der Waals surface area contributed by atoms with Gasteiger partial charge in [-0.3, -0.25) is 47.4 Å². The number of carbonyl (C=O) groups is 9. The quantitative estimate of drug-likeness (QED) is 0.0838. The lowest BCUT2D eigenvalue weighted by Gasteiger charge is -2.33. The number of aromatic nitrogens is 1. The fourth-order valence-corrected chi connectivity index (χ4v) is 10.0. The number of aromatic amines is 1. The van der Waals surface area contributed by atoms with Gasteiger partial charge in [-0.15, -0.1) is 0 Å². The third-order valence-electron chi connectivity index (χ3n) is 13.0. The monoisotopic (exact) mass is 1020 g/mol. The van der Waals surface area contributed by atoms with Crippen molar-refractivity contribution >= 4 is 74.9 Å². The second-order valence-electron chi connectivity index (χ2n) is 18.2. The van der Waals surface area contributed by atoms with Crippen LogP contribution in [0.5, 0.6) is 5.75 Å². The number of hydrogen-bond donors (Lipinski definition) is 14. The van der Waals surface area contributed by atoms with Crippen LogP contribution in [0.3, 0.4) is 0 Å². The molecule has 1 aromatic carbocycles. The normalized spacial score (nSPS) is 26.8. The summed E-state index contributed by atoms with van der Waals surface area (Å²) in [6.07, 6.45) is -1.41. The highest BCUT2D eigenvalue weighted by atomic mass is 32.2. The number of rotatable bonds is 13. The molecule has 26 heteroatoms. The molecule has 25 nitrogen and oxygen atoms in total. The summed E-state index contributed by atoms with van der Waals surface area (Å²) < 4.78 is 14.8. The van der Waals surface area contributed by atoms with E-state index in [-0.39, 0.29) is 33.8 Å². The molecule has 5 rings (SSSR count). The number of amides is 9. The largest absolute Gasteiger partial charge is 0.508 e. The fraction of sp³-hybridized carbons (Fsp3) is 0.622. The van der Waals surface area contributed by atoms with Crippen molar-refractivity contribution < 1.29 is 67.8 Å². The maximum absolute atomic E-state index is 14.8. The molecule has 1 fully saturated rings. The minimum Gasteiger partial charge on any atom is -0.508 e. The van der Waals surface area contributed by atoms with E-state index in [1.807, 2.05) is 0 Å². The lowest BCUT2D eigenvalue weighted by molar-refractivity contribution is -0.144. The number of nitrogens with zero attached hydrogens (tertiary/aromatic N) is 1. The van der Waals surface area contributed by atoms with Crippen LogP contribution in [-0.2, 0) is 60.4 Å². The molecule has 2 aromatic rings. The first-order valence-electron chi connectivity index (χ1n) is 23.8. The van der Waals surface area contributed by atoms with Gasteiger partial charge in [0.05, 0.1) is 60.4 Å². The Bertz CT molecular complexity index is 2330. The topological polar surface area (TPSA) is 393 Å². The molecule has 0 spiro atoms. The summed E-state index contributed by atoms with van der Waals surface area (Å²) in [5.74, 6) is -11.5. The summed E-state index contributed by atoms with van der Waals surface area (Å²) in [5.41, 5.74) is 5.85. The number of phenols is 1. The number of H-pyrrole nitrogens is 1. The number of aliphatic hydroxyl groups is 3. The van der Waals surface area contributed by atoms with E-state index in [2.05, 4.69) is 47.5 Å².